The molecule has 1 aromatic heterocycles. The number of nitrogen functional groups attached to an aromatic ring is 1. The molecule has 1 aliphatic rings. The van der Waals surface area contributed by atoms with E-state index >= 15 is 0 Å². The molecular weight excluding hydrogens is 534 g/mol. The quantitative estimate of drug-likeness (QED) is 0.365. The molecule has 224 valence electrons. The number of anilines is 1. The first-order chi connectivity index (χ1) is 19.1. The predicted molar refractivity (Wildman–Crippen MR) is 148 cm³/mol. The number of carbonyl (C=O) groups excluding carboxylic acids is 3. The van der Waals surface area contributed by atoms with Gasteiger partial charge in [-0.25, -0.2) is 24.4 Å². The van der Waals surface area contributed by atoms with Gasteiger partial charge < -0.3 is 34.7 Å². The lowest BCUT2D eigenvalue weighted by Gasteiger charge is -2.30. The lowest BCUT2D eigenvalue weighted by Crippen LogP contribution is -2.46. The average Bonchev–Trinajstić information content (AvgIpc) is 3.18. The highest BCUT2D eigenvalue weighted by Crippen LogP contribution is 2.30. The van der Waals surface area contributed by atoms with Gasteiger partial charge in [-0.3, -0.25) is 4.90 Å². The molecule has 3 N–H and O–H groups in total. The molecular formula is C28H39N5O8. The van der Waals surface area contributed by atoms with Gasteiger partial charge in [-0.15, -0.1) is 0 Å². The van der Waals surface area contributed by atoms with E-state index in [1.54, 1.807) is 60.8 Å². The SMILES string of the molecule is COc1ccc(C[C@@H]2[C@H](OC(=O)NCc3cnc(N)nc3)[C@@H](OC(=O)OC(C)(C)C)CN2C(=O)OC(C)(C)C)cc1. The first-order valence-corrected chi connectivity index (χ1v) is 13.2. The molecule has 0 aliphatic carbocycles. The fourth-order valence-corrected chi connectivity index (χ4v) is 4.07. The van der Waals surface area contributed by atoms with E-state index in [9.17, 15) is 14.4 Å². The van der Waals surface area contributed by atoms with Crippen LogP contribution in [0.1, 0.15) is 52.7 Å². The van der Waals surface area contributed by atoms with E-state index in [0.717, 1.165) is 5.56 Å². The summed E-state index contributed by atoms with van der Waals surface area (Å²) in [4.78, 5) is 48.2. The molecule has 0 radical (unpaired) electrons. The molecule has 0 saturated carbocycles. The summed E-state index contributed by atoms with van der Waals surface area (Å²) in [5.41, 5.74) is 5.33. The van der Waals surface area contributed by atoms with E-state index in [4.69, 9.17) is 29.4 Å². The van der Waals surface area contributed by atoms with Crippen LogP contribution in [0, 0.1) is 0 Å². The molecule has 0 bridgehead atoms. The summed E-state index contributed by atoms with van der Waals surface area (Å²) in [6, 6.07) is 6.51. The number of alkyl carbamates (subject to hydrolysis) is 1. The van der Waals surface area contributed by atoms with Crippen molar-refractivity contribution in [1.29, 1.82) is 0 Å². The van der Waals surface area contributed by atoms with Crippen LogP contribution in [0.15, 0.2) is 36.7 Å². The van der Waals surface area contributed by atoms with Crippen LogP contribution in [0.3, 0.4) is 0 Å². The highest BCUT2D eigenvalue weighted by Gasteiger charge is 2.50. The summed E-state index contributed by atoms with van der Waals surface area (Å²) >= 11 is 0. The van der Waals surface area contributed by atoms with Gasteiger partial charge >= 0.3 is 18.3 Å². The lowest BCUT2D eigenvalue weighted by molar-refractivity contribution is -0.0518. The van der Waals surface area contributed by atoms with Crippen molar-refractivity contribution >= 4 is 24.3 Å². The average molecular weight is 574 g/mol. The summed E-state index contributed by atoms with van der Waals surface area (Å²) in [7, 11) is 1.56. The van der Waals surface area contributed by atoms with E-state index in [-0.39, 0.29) is 25.5 Å². The molecule has 3 atom stereocenters. The molecule has 2 aromatic rings. The van der Waals surface area contributed by atoms with Crippen LogP contribution in [0.2, 0.25) is 0 Å². The number of methoxy groups -OCH3 is 1. The zero-order valence-corrected chi connectivity index (χ0v) is 24.5. The highest BCUT2D eigenvalue weighted by molar-refractivity contribution is 5.71. The molecule has 13 heteroatoms. The summed E-state index contributed by atoms with van der Waals surface area (Å²) in [6.07, 6.45) is -1.26. The lowest BCUT2D eigenvalue weighted by atomic mass is 10.0. The number of benzene rings is 1. The third kappa shape index (κ3) is 9.69. The summed E-state index contributed by atoms with van der Waals surface area (Å²) < 4.78 is 27.7. The van der Waals surface area contributed by atoms with Crippen LogP contribution >= 0.6 is 0 Å². The van der Waals surface area contributed by atoms with E-state index in [1.807, 2.05) is 12.1 Å². The van der Waals surface area contributed by atoms with Gasteiger partial charge in [-0.1, -0.05) is 12.1 Å². The van der Waals surface area contributed by atoms with Crippen molar-refractivity contribution in [2.45, 2.75) is 84.0 Å². The molecule has 3 rings (SSSR count). The fraction of sp³-hybridized carbons (Fsp3) is 0.536. The van der Waals surface area contributed by atoms with Gasteiger partial charge in [-0.05, 0) is 65.7 Å². The Morgan fingerprint density at radius 3 is 2.12 bits per heavy atom. The van der Waals surface area contributed by atoms with Gasteiger partial charge in [0.15, 0.2) is 12.2 Å². The molecule has 1 saturated heterocycles. The van der Waals surface area contributed by atoms with Crippen molar-refractivity contribution in [3.63, 3.8) is 0 Å². The minimum absolute atomic E-state index is 0.0579. The Kier molecular flexibility index (Phi) is 9.84. The molecule has 0 spiro atoms. The summed E-state index contributed by atoms with van der Waals surface area (Å²) in [5.74, 6) is 0.766. The molecule has 0 unspecified atom stereocenters. The zero-order valence-electron chi connectivity index (χ0n) is 24.5. The van der Waals surface area contributed by atoms with E-state index in [0.29, 0.717) is 11.3 Å². The fourth-order valence-electron chi connectivity index (χ4n) is 4.07. The number of nitrogens with zero attached hydrogens (tertiary/aromatic N) is 3. The van der Waals surface area contributed by atoms with Crippen LogP contribution in [0.4, 0.5) is 20.3 Å². The molecule has 2 heterocycles. The third-order valence-electron chi connectivity index (χ3n) is 5.80. The second kappa shape index (κ2) is 12.9. The van der Waals surface area contributed by atoms with Crippen LogP contribution in [0.5, 0.6) is 5.75 Å². The molecule has 13 nitrogen and oxygen atoms in total. The largest absolute Gasteiger partial charge is 0.509 e. The van der Waals surface area contributed by atoms with Gasteiger partial charge in [0.25, 0.3) is 0 Å². The monoisotopic (exact) mass is 573 g/mol. The Morgan fingerprint density at radius 1 is 0.951 bits per heavy atom. The number of ether oxygens (including phenoxy) is 5. The van der Waals surface area contributed by atoms with Crippen LogP contribution in [-0.2, 0) is 31.9 Å². The first-order valence-electron chi connectivity index (χ1n) is 13.2. The van der Waals surface area contributed by atoms with Gasteiger partial charge in [0.05, 0.1) is 19.7 Å². The van der Waals surface area contributed by atoms with Crippen molar-refractivity contribution in [1.82, 2.24) is 20.2 Å². The van der Waals surface area contributed by atoms with Gasteiger partial charge in [-0.2, -0.15) is 0 Å². The number of likely N-dealkylation sites (tertiary alicyclic amines) is 1. The molecule has 41 heavy (non-hydrogen) atoms. The number of nitrogens with one attached hydrogen (secondary N) is 1. The molecule has 1 fully saturated rings. The minimum Gasteiger partial charge on any atom is -0.497 e. The first kappa shape index (κ1) is 31.2. The Balaban J connectivity index is 1.89. The number of rotatable bonds is 7. The maximum Gasteiger partial charge on any atom is 0.509 e. The van der Waals surface area contributed by atoms with Crippen molar-refractivity contribution in [3.8, 4) is 5.75 Å². The maximum atomic E-state index is 13.3. The maximum absolute atomic E-state index is 13.3. The number of aromatic nitrogens is 2. The number of hydrogen-bond acceptors (Lipinski definition) is 11. The van der Waals surface area contributed by atoms with Gasteiger partial charge in [0.1, 0.15) is 17.0 Å². The number of hydrogen-bond donors (Lipinski definition) is 2. The normalized spacial score (nSPS) is 18.8. The van der Waals surface area contributed by atoms with Crippen molar-refractivity contribution in [2.75, 3.05) is 19.4 Å². The van der Waals surface area contributed by atoms with Crippen LogP contribution < -0.4 is 15.8 Å². The Labute approximate surface area is 239 Å². The third-order valence-corrected chi connectivity index (χ3v) is 5.80. The molecule has 2 amide bonds. The molecule has 1 aromatic carbocycles. The van der Waals surface area contributed by atoms with E-state index in [2.05, 4.69) is 15.3 Å². The van der Waals surface area contributed by atoms with Crippen molar-refractivity contribution in [2.24, 2.45) is 0 Å². The summed E-state index contributed by atoms with van der Waals surface area (Å²) in [5, 5.41) is 2.63. The topological polar surface area (TPSA) is 164 Å². The van der Waals surface area contributed by atoms with Gasteiger partial charge in [0.2, 0.25) is 5.95 Å². The van der Waals surface area contributed by atoms with Crippen LogP contribution in [-0.4, -0.2) is 76.3 Å². The van der Waals surface area contributed by atoms with Gasteiger partial charge in [0, 0.05) is 24.5 Å². The number of amides is 2. The standard InChI is InChI=1S/C28H39N5O8/c1-27(2,3)40-25(35)33-16-21(38-26(36)41-28(4,5)6)22(20(33)12-17-8-10-19(37-7)11-9-17)39-24(34)32-15-18-13-30-23(29)31-14-18/h8-11,13-14,20-22H,12,15-16H2,1-7H3,(H,32,34)(H2,29,30,31)/t20-,21+,22+/m1/s1. The van der Waals surface area contributed by atoms with Crippen molar-refractivity contribution in [3.05, 3.63) is 47.8 Å². The Hall–Kier alpha value is -4.29. The second-order valence-corrected chi connectivity index (χ2v) is 11.5. The minimum atomic E-state index is -1.06. The molecule has 1 aliphatic heterocycles. The van der Waals surface area contributed by atoms with Crippen LogP contribution in [0.25, 0.3) is 0 Å². The second-order valence-electron chi connectivity index (χ2n) is 11.5. The Bertz CT molecular complexity index is 1190. The Morgan fingerprint density at radius 2 is 1.56 bits per heavy atom. The smallest absolute Gasteiger partial charge is 0.497 e. The highest BCUT2D eigenvalue weighted by atomic mass is 16.7. The summed E-state index contributed by atoms with van der Waals surface area (Å²) in [6.45, 7) is 10.3. The zero-order chi connectivity index (χ0) is 30.4. The van der Waals surface area contributed by atoms with Crippen molar-refractivity contribution < 1.29 is 38.1 Å². The number of carbonyl (C=O) groups is 3. The number of nitrogens with two attached hydrogens (primary N) is 1. The van der Waals surface area contributed by atoms with E-state index < -0.39 is 47.8 Å². The van der Waals surface area contributed by atoms with E-state index in [1.165, 1.54) is 17.3 Å². The predicted octanol–water partition coefficient (Wildman–Crippen LogP) is 3.84.